The monoisotopic (exact) mass is 416 g/mol. The van der Waals surface area contributed by atoms with Gasteiger partial charge in [0, 0.05) is 9.35 Å². The Labute approximate surface area is 141 Å². The average molecular weight is 418 g/mol. The van der Waals surface area contributed by atoms with Crippen molar-refractivity contribution in [2.24, 2.45) is 5.84 Å². The van der Waals surface area contributed by atoms with E-state index in [1.54, 1.807) is 11.3 Å². The van der Waals surface area contributed by atoms with Crippen molar-refractivity contribution in [1.29, 1.82) is 0 Å². The summed E-state index contributed by atoms with van der Waals surface area (Å²) in [7, 11) is 0. The summed E-state index contributed by atoms with van der Waals surface area (Å²) in [6, 6.07) is 6.72. The van der Waals surface area contributed by atoms with Gasteiger partial charge in [0.15, 0.2) is 0 Å². The fourth-order valence-electron chi connectivity index (χ4n) is 2.51. The lowest BCUT2D eigenvalue weighted by molar-refractivity contribution is 0.558. The zero-order valence-electron chi connectivity index (χ0n) is 11.8. The van der Waals surface area contributed by atoms with Crippen LogP contribution >= 0.6 is 43.2 Å². The van der Waals surface area contributed by atoms with Crippen LogP contribution in [-0.2, 0) is 6.42 Å². The lowest BCUT2D eigenvalue weighted by Gasteiger charge is -2.18. The quantitative estimate of drug-likeness (QED) is 0.545. The number of hydrazine groups is 1. The van der Waals surface area contributed by atoms with Crippen LogP contribution in [0.2, 0.25) is 0 Å². The first-order valence-electron chi connectivity index (χ1n) is 6.40. The molecular formula is C15H18Br2N2S. The molecule has 0 aliphatic carbocycles. The molecule has 0 bridgehead atoms. The van der Waals surface area contributed by atoms with E-state index < -0.39 is 0 Å². The van der Waals surface area contributed by atoms with Gasteiger partial charge in [0.2, 0.25) is 0 Å². The Hall–Kier alpha value is -0.200. The predicted molar refractivity (Wildman–Crippen MR) is 94.1 cm³/mol. The average Bonchev–Trinajstić information content (AvgIpc) is 2.68. The van der Waals surface area contributed by atoms with Gasteiger partial charge in [-0.3, -0.25) is 11.3 Å². The zero-order valence-corrected chi connectivity index (χ0v) is 15.7. The molecule has 0 aliphatic rings. The Bertz CT molecular complexity index is 580. The van der Waals surface area contributed by atoms with Crippen LogP contribution in [0, 0.1) is 20.8 Å². The topological polar surface area (TPSA) is 38.0 Å². The van der Waals surface area contributed by atoms with Gasteiger partial charge in [0.05, 0.1) is 9.83 Å². The van der Waals surface area contributed by atoms with Gasteiger partial charge in [-0.05, 0) is 81.8 Å². The van der Waals surface area contributed by atoms with Gasteiger partial charge in [-0.15, -0.1) is 11.3 Å². The number of hydrogen-bond donors (Lipinski definition) is 2. The number of halogens is 2. The van der Waals surface area contributed by atoms with E-state index in [0.717, 1.165) is 14.7 Å². The van der Waals surface area contributed by atoms with Gasteiger partial charge in [-0.25, -0.2) is 0 Å². The molecule has 1 aromatic carbocycles. The summed E-state index contributed by atoms with van der Waals surface area (Å²) in [5.74, 6) is 5.77. The zero-order chi connectivity index (χ0) is 14.9. The van der Waals surface area contributed by atoms with E-state index in [9.17, 15) is 0 Å². The maximum absolute atomic E-state index is 5.77. The van der Waals surface area contributed by atoms with Crippen molar-refractivity contribution in [3.63, 3.8) is 0 Å². The van der Waals surface area contributed by atoms with Crippen molar-refractivity contribution in [3.8, 4) is 0 Å². The van der Waals surface area contributed by atoms with Gasteiger partial charge in [-0.2, -0.15) is 0 Å². The number of nitrogens with one attached hydrogen (secondary N) is 1. The minimum Gasteiger partial charge on any atom is -0.271 e. The van der Waals surface area contributed by atoms with Crippen LogP contribution in [0.1, 0.15) is 33.2 Å². The second-order valence-electron chi connectivity index (χ2n) is 5.07. The van der Waals surface area contributed by atoms with Crippen LogP contribution in [-0.4, -0.2) is 0 Å². The van der Waals surface area contributed by atoms with Crippen LogP contribution < -0.4 is 11.3 Å². The third kappa shape index (κ3) is 3.52. The molecule has 0 saturated carbocycles. The largest absolute Gasteiger partial charge is 0.271 e. The Morgan fingerprint density at radius 3 is 2.20 bits per heavy atom. The Balaban J connectivity index is 2.31. The highest BCUT2D eigenvalue weighted by Crippen LogP contribution is 2.36. The minimum atomic E-state index is 0.128. The summed E-state index contributed by atoms with van der Waals surface area (Å²) in [4.78, 5) is 1.23. The van der Waals surface area contributed by atoms with Crippen LogP contribution in [0.15, 0.2) is 26.5 Å². The molecule has 0 radical (unpaired) electrons. The molecule has 0 spiro atoms. The molecule has 108 valence electrons. The third-order valence-corrected chi connectivity index (χ3v) is 6.83. The molecule has 1 atom stereocenters. The molecule has 3 N–H and O–H groups in total. The number of aryl methyl sites for hydroxylation is 3. The summed E-state index contributed by atoms with van der Waals surface area (Å²) < 4.78 is 2.18. The minimum absolute atomic E-state index is 0.128. The fraction of sp³-hybridized carbons (Fsp3) is 0.333. The third-order valence-electron chi connectivity index (χ3n) is 3.46. The summed E-state index contributed by atoms with van der Waals surface area (Å²) in [6.45, 7) is 6.47. The van der Waals surface area contributed by atoms with Gasteiger partial charge < -0.3 is 0 Å². The van der Waals surface area contributed by atoms with Crippen LogP contribution in [0.5, 0.6) is 0 Å². The van der Waals surface area contributed by atoms with Crippen LogP contribution in [0.4, 0.5) is 0 Å². The van der Waals surface area contributed by atoms with E-state index in [4.69, 9.17) is 5.84 Å². The first-order chi connectivity index (χ1) is 9.42. The lowest BCUT2D eigenvalue weighted by atomic mass is 9.94. The molecule has 0 aliphatic heterocycles. The number of nitrogens with two attached hydrogens (primary N) is 1. The maximum Gasteiger partial charge on any atom is 0.0843 e. The van der Waals surface area contributed by atoms with E-state index in [1.165, 1.54) is 27.1 Å². The van der Waals surface area contributed by atoms with Gasteiger partial charge >= 0.3 is 0 Å². The molecule has 0 saturated heterocycles. The van der Waals surface area contributed by atoms with Crippen molar-refractivity contribution in [2.75, 3.05) is 0 Å². The molecule has 1 heterocycles. The van der Waals surface area contributed by atoms with Crippen LogP contribution in [0.25, 0.3) is 0 Å². The Morgan fingerprint density at radius 2 is 1.75 bits per heavy atom. The van der Waals surface area contributed by atoms with E-state index >= 15 is 0 Å². The summed E-state index contributed by atoms with van der Waals surface area (Å²) in [5, 5.41) is 0. The Kier molecular flexibility index (Phi) is 5.42. The molecule has 0 fully saturated rings. The van der Waals surface area contributed by atoms with Crippen molar-refractivity contribution in [2.45, 2.75) is 33.2 Å². The fourth-order valence-corrected chi connectivity index (χ4v) is 4.66. The van der Waals surface area contributed by atoms with Gasteiger partial charge in [0.25, 0.3) is 0 Å². The highest BCUT2D eigenvalue weighted by atomic mass is 79.9. The van der Waals surface area contributed by atoms with Crippen molar-refractivity contribution >= 4 is 43.2 Å². The van der Waals surface area contributed by atoms with Crippen LogP contribution in [0.3, 0.4) is 0 Å². The van der Waals surface area contributed by atoms with E-state index in [-0.39, 0.29) is 6.04 Å². The molecule has 1 unspecified atom stereocenters. The lowest BCUT2D eigenvalue weighted by Crippen LogP contribution is -2.29. The first-order valence-corrected chi connectivity index (χ1v) is 8.80. The molecule has 1 aromatic heterocycles. The molecular weight excluding hydrogens is 400 g/mol. The summed E-state index contributed by atoms with van der Waals surface area (Å²) in [5.41, 5.74) is 8.29. The Morgan fingerprint density at radius 1 is 1.15 bits per heavy atom. The van der Waals surface area contributed by atoms with Gasteiger partial charge in [-0.1, -0.05) is 17.7 Å². The molecule has 20 heavy (non-hydrogen) atoms. The number of hydrogen-bond acceptors (Lipinski definition) is 3. The summed E-state index contributed by atoms with van der Waals surface area (Å²) in [6.07, 6.45) is 0.897. The van der Waals surface area contributed by atoms with E-state index in [2.05, 4.69) is 76.3 Å². The SMILES string of the molecule is Cc1cc(C)c(CC(NN)c2cc(Br)c(Br)s2)c(C)c1. The highest BCUT2D eigenvalue weighted by molar-refractivity contribution is 9.13. The predicted octanol–water partition coefficient (Wildman–Crippen LogP) is 4.95. The maximum atomic E-state index is 5.77. The molecule has 0 amide bonds. The highest BCUT2D eigenvalue weighted by Gasteiger charge is 2.17. The first kappa shape index (κ1) is 16.2. The van der Waals surface area contributed by atoms with E-state index in [0.29, 0.717) is 0 Å². The second-order valence-corrected chi connectivity index (χ2v) is 8.33. The van der Waals surface area contributed by atoms with Crippen molar-refractivity contribution in [1.82, 2.24) is 5.43 Å². The second kappa shape index (κ2) is 6.71. The smallest absolute Gasteiger partial charge is 0.0843 e. The standard InChI is InChI=1S/C15H18Br2N2S/c1-8-4-9(2)11(10(3)5-8)6-13(19-18)14-7-12(16)15(17)20-14/h4-5,7,13,19H,6,18H2,1-3H3. The van der Waals surface area contributed by atoms with Crippen molar-refractivity contribution in [3.05, 3.63) is 53.6 Å². The number of rotatable bonds is 4. The summed E-state index contributed by atoms with van der Waals surface area (Å²) >= 11 is 8.78. The molecule has 2 nitrogen and oxygen atoms in total. The van der Waals surface area contributed by atoms with E-state index in [1.807, 2.05) is 0 Å². The van der Waals surface area contributed by atoms with Gasteiger partial charge in [0.1, 0.15) is 0 Å². The normalized spacial score (nSPS) is 12.7. The molecule has 5 heteroatoms. The number of benzene rings is 1. The molecule has 2 rings (SSSR count). The van der Waals surface area contributed by atoms with Crippen molar-refractivity contribution < 1.29 is 0 Å². The number of thiophene rings is 1. The molecule has 2 aromatic rings.